The minimum absolute atomic E-state index is 0.00232. The highest BCUT2D eigenvalue weighted by Crippen LogP contribution is 2.35. The van der Waals surface area contributed by atoms with Crippen molar-refractivity contribution in [2.45, 2.75) is 38.4 Å². The van der Waals surface area contributed by atoms with E-state index in [1.54, 1.807) is 36.4 Å². The Bertz CT molecular complexity index is 1350. The van der Waals surface area contributed by atoms with Gasteiger partial charge >= 0.3 is 6.43 Å². The van der Waals surface area contributed by atoms with Gasteiger partial charge in [0, 0.05) is 35.8 Å². The van der Waals surface area contributed by atoms with Crippen LogP contribution in [0.5, 0.6) is 0 Å². The second-order valence-corrected chi connectivity index (χ2v) is 9.50. The van der Waals surface area contributed by atoms with Gasteiger partial charge in [-0.1, -0.05) is 54.9 Å². The summed E-state index contributed by atoms with van der Waals surface area (Å²) in [5.41, 5.74) is 2.52. The molecule has 3 aromatic rings. The summed E-state index contributed by atoms with van der Waals surface area (Å²) >= 11 is 6.00. The Hall–Kier alpha value is -3.85. The zero-order valence-electron chi connectivity index (χ0n) is 20.4. The lowest BCUT2D eigenvalue weighted by Crippen LogP contribution is -2.40. The molecular formula is C28H25ClF3N3O3. The first-order chi connectivity index (χ1) is 18.2. The molecule has 3 amide bonds. The third-order valence-corrected chi connectivity index (χ3v) is 6.70. The van der Waals surface area contributed by atoms with Crippen LogP contribution in [0.1, 0.15) is 51.5 Å². The number of nitrogens with one attached hydrogen (secondary N) is 2. The van der Waals surface area contributed by atoms with E-state index in [1.165, 1.54) is 17.0 Å². The Labute approximate surface area is 222 Å². The molecule has 0 spiro atoms. The molecule has 1 aliphatic heterocycles. The zero-order valence-corrected chi connectivity index (χ0v) is 21.1. The first-order valence-electron chi connectivity index (χ1n) is 11.9. The summed E-state index contributed by atoms with van der Waals surface area (Å²) in [5.74, 6) is -2.92. The fraction of sp³-hybridized carbons (Fsp3) is 0.250. The summed E-state index contributed by atoms with van der Waals surface area (Å²) < 4.78 is 39.0. The summed E-state index contributed by atoms with van der Waals surface area (Å²) in [6.45, 7) is 1.83. The average molecular weight is 544 g/mol. The Morgan fingerprint density at radius 2 is 1.71 bits per heavy atom. The summed E-state index contributed by atoms with van der Waals surface area (Å²) in [7, 11) is 0. The molecular weight excluding hydrogens is 519 g/mol. The highest BCUT2D eigenvalue weighted by atomic mass is 35.5. The lowest BCUT2D eigenvalue weighted by Gasteiger charge is -2.28. The molecule has 38 heavy (non-hydrogen) atoms. The maximum Gasteiger partial charge on any atom is 0.315 e. The normalized spacial score (nSPS) is 15.4. The van der Waals surface area contributed by atoms with Crippen molar-refractivity contribution in [2.24, 2.45) is 0 Å². The number of hydrogen-bond acceptors (Lipinski definition) is 3. The van der Waals surface area contributed by atoms with Crippen LogP contribution < -0.4 is 10.6 Å². The van der Waals surface area contributed by atoms with E-state index >= 15 is 0 Å². The van der Waals surface area contributed by atoms with E-state index in [0.29, 0.717) is 21.7 Å². The number of benzene rings is 3. The van der Waals surface area contributed by atoms with E-state index in [-0.39, 0.29) is 30.5 Å². The van der Waals surface area contributed by atoms with Gasteiger partial charge in [0.25, 0.3) is 11.8 Å². The van der Waals surface area contributed by atoms with Crippen molar-refractivity contribution in [3.63, 3.8) is 0 Å². The van der Waals surface area contributed by atoms with Crippen LogP contribution in [0.3, 0.4) is 0 Å². The van der Waals surface area contributed by atoms with Gasteiger partial charge < -0.3 is 15.5 Å². The Balaban J connectivity index is 1.49. The largest absolute Gasteiger partial charge is 0.350 e. The van der Waals surface area contributed by atoms with E-state index < -0.39 is 36.6 Å². The van der Waals surface area contributed by atoms with Gasteiger partial charge in [-0.05, 0) is 52.9 Å². The summed E-state index contributed by atoms with van der Waals surface area (Å²) in [6.07, 6.45) is -3.21. The molecule has 1 heterocycles. The highest BCUT2D eigenvalue weighted by molar-refractivity contribution is 6.30. The first kappa shape index (κ1) is 27.2. The molecule has 0 bridgehead atoms. The van der Waals surface area contributed by atoms with Crippen LogP contribution in [0.4, 0.5) is 13.2 Å². The Morgan fingerprint density at radius 3 is 2.42 bits per heavy atom. The average Bonchev–Trinajstić information content (AvgIpc) is 3.18. The second kappa shape index (κ2) is 11.7. The van der Waals surface area contributed by atoms with Crippen molar-refractivity contribution in [3.05, 3.63) is 105 Å². The van der Waals surface area contributed by atoms with Crippen molar-refractivity contribution in [1.82, 2.24) is 15.5 Å². The predicted octanol–water partition coefficient (Wildman–Crippen LogP) is 4.98. The number of hydrogen-bond donors (Lipinski definition) is 2. The molecule has 0 aliphatic carbocycles. The van der Waals surface area contributed by atoms with E-state index in [2.05, 4.69) is 5.32 Å². The van der Waals surface area contributed by atoms with Gasteiger partial charge in [-0.2, -0.15) is 8.78 Å². The van der Waals surface area contributed by atoms with Crippen molar-refractivity contribution in [3.8, 4) is 0 Å². The number of carbonyl (C=O) groups excluding carboxylic acids is 3. The molecule has 4 rings (SSSR count). The fourth-order valence-corrected chi connectivity index (χ4v) is 4.58. The highest BCUT2D eigenvalue weighted by Gasteiger charge is 2.41. The number of alkyl halides is 2. The van der Waals surface area contributed by atoms with Gasteiger partial charge in [-0.3, -0.25) is 14.4 Å². The molecule has 2 unspecified atom stereocenters. The smallest absolute Gasteiger partial charge is 0.315 e. The predicted molar refractivity (Wildman–Crippen MR) is 136 cm³/mol. The SMILES string of the molecule is CC(CN1C(=O)c2ccccc2C1C(=O)NCc1ccc(F)c(CNC(=O)C(F)F)c1)c1ccc(Cl)cc1. The Kier molecular flexibility index (Phi) is 8.36. The second-order valence-electron chi connectivity index (χ2n) is 9.06. The van der Waals surface area contributed by atoms with Crippen molar-refractivity contribution in [1.29, 1.82) is 0 Å². The molecule has 198 valence electrons. The van der Waals surface area contributed by atoms with Gasteiger partial charge in [-0.25, -0.2) is 4.39 Å². The van der Waals surface area contributed by atoms with Crippen LogP contribution in [0.2, 0.25) is 5.02 Å². The summed E-state index contributed by atoms with van der Waals surface area (Å²) in [4.78, 5) is 39.3. The lowest BCUT2D eigenvalue weighted by atomic mass is 9.99. The van der Waals surface area contributed by atoms with Crippen molar-refractivity contribution in [2.75, 3.05) is 6.54 Å². The molecule has 6 nitrogen and oxygen atoms in total. The third-order valence-electron chi connectivity index (χ3n) is 6.44. The third kappa shape index (κ3) is 5.99. The van der Waals surface area contributed by atoms with Crippen molar-refractivity contribution >= 4 is 29.3 Å². The summed E-state index contributed by atoms with van der Waals surface area (Å²) in [5, 5.41) is 5.37. The molecule has 10 heteroatoms. The lowest BCUT2D eigenvalue weighted by molar-refractivity contribution is -0.131. The number of carbonyl (C=O) groups is 3. The minimum Gasteiger partial charge on any atom is -0.350 e. The van der Waals surface area contributed by atoms with Gasteiger partial charge in [0.05, 0.1) is 0 Å². The van der Waals surface area contributed by atoms with Crippen LogP contribution in [0, 0.1) is 5.82 Å². The van der Waals surface area contributed by atoms with Crippen LogP contribution in [0.15, 0.2) is 66.7 Å². The number of nitrogens with zero attached hydrogens (tertiary/aromatic N) is 1. The van der Waals surface area contributed by atoms with E-state index in [1.807, 2.05) is 24.4 Å². The molecule has 0 saturated heterocycles. The van der Waals surface area contributed by atoms with E-state index in [9.17, 15) is 27.6 Å². The maximum atomic E-state index is 14.1. The summed E-state index contributed by atoms with van der Waals surface area (Å²) in [6, 6.07) is 17.3. The number of fused-ring (bicyclic) bond motifs is 1. The van der Waals surface area contributed by atoms with Gasteiger partial charge in [0.15, 0.2) is 0 Å². The van der Waals surface area contributed by atoms with E-state index in [0.717, 1.165) is 11.6 Å². The topological polar surface area (TPSA) is 78.5 Å². The quantitative estimate of drug-likeness (QED) is 0.400. The monoisotopic (exact) mass is 543 g/mol. The zero-order chi connectivity index (χ0) is 27.4. The van der Waals surface area contributed by atoms with Crippen LogP contribution in [-0.2, 0) is 22.7 Å². The van der Waals surface area contributed by atoms with Gasteiger partial charge in [-0.15, -0.1) is 0 Å². The molecule has 3 aromatic carbocycles. The number of rotatable bonds is 9. The molecule has 0 aromatic heterocycles. The van der Waals surface area contributed by atoms with Crippen molar-refractivity contribution < 1.29 is 27.6 Å². The molecule has 2 atom stereocenters. The minimum atomic E-state index is -3.21. The molecule has 1 aliphatic rings. The molecule has 0 radical (unpaired) electrons. The van der Waals surface area contributed by atoms with E-state index in [4.69, 9.17) is 11.6 Å². The van der Waals surface area contributed by atoms with Crippen LogP contribution >= 0.6 is 11.6 Å². The Morgan fingerprint density at radius 1 is 1.00 bits per heavy atom. The van der Waals surface area contributed by atoms with Crippen LogP contribution in [0.25, 0.3) is 0 Å². The molecule has 0 saturated carbocycles. The number of halogens is 4. The first-order valence-corrected chi connectivity index (χ1v) is 12.3. The number of amides is 3. The molecule has 2 N–H and O–H groups in total. The van der Waals surface area contributed by atoms with Gasteiger partial charge in [0.1, 0.15) is 11.9 Å². The van der Waals surface area contributed by atoms with Crippen LogP contribution in [-0.4, -0.2) is 35.6 Å². The standard InChI is InChI=1S/C28H25ClF3N3O3/c1-16(18-7-9-20(29)10-8-18)15-35-24(21-4-2-3-5-22(21)28(35)38)26(36)33-13-17-6-11-23(30)19(12-17)14-34-27(37)25(31)32/h2-12,16,24-25H,13-15H2,1H3,(H,33,36)(H,34,37). The fourth-order valence-electron chi connectivity index (χ4n) is 4.45. The molecule has 0 fully saturated rings. The maximum absolute atomic E-state index is 14.1. The van der Waals surface area contributed by atoms with Gasteiger partial charge in [0.2, 0.25) is 5.91 Å².